The van der Waals surface area contributed by atoms with Gasteiger partial charge in [0.15, 0.2) is 0 Å². The van der Waals surface area contributed by atoms with Gasteiger partial charge in [0.05, 0.1) is 4.90 Å². The Morgan fingerprint density at radius 2 is 1.89 bits per heavy atom. The van der Waals surface area contributed by atoms with Crippen molar-refractivity contribution in [2.45, 2.75) is 25.7 Å². The number of rotatable bonds is 4. The third-order valence-corrected chi connectivity index (χ3v) is 3.88. The Hall–Kier alpha value is -1.66. The van der Waals surface area contributed by atoms with Crippen molar-refractivity contribution < 1.29 is 13.2 Å². The zero-order chi connectivity index (χ0) is 14.6. The molecule has 0 spiro atoms. The second-order valence-corrected chi connectivity index (χ2v) is 6.28. The highest BCUT2D eigenvalue weighted by molar-refractivity contribution is 7.89. The molecule has 0 aliphatic heterocycles. The lowest BCUT2D eigenvalue weighted by molar-refractivity contribution is -0.111. The minimum absolute atomic E-state index is 0.119. The second kappa shape index (κ2) is 5.99. The molecule has 6 heteroatoms. The minimum Gasteiger partial charge on any atom is -0.322 e. The van der Waals surface area contributed by atoms with Crippen molar-refractivity contribution in [3.63, 3.8) is 0 Å². The third kappa shape index (κ3) is 4.18. The average molecular weight is 282 g/mol. The highest BCUT2D eigenvalue weighted by atomic mass is 32.2. The summed E-state index contributed by atoms with van der Waals surface area (Å²) in [6, 6.07) is 4.60. The van der Waals surface area contributed by atoms with Gasteiger partial charge in [-0.3, -0.25) is 4.79 Å². The molecular weight excluding hydrogens is 264 g/mol. The lowest BCUT2D eigenvalue weighted by Gasteiger charge is -2.09. The molecule has 1 aromatic carbocycles. The third-order valence-electron chi connectivity index (χ3n) is 2.47. The van der Waals surface area contributed by atoms with Crippen molar-refractivity contribution in [2.75, 3.05) is 12.4 Å². The Kier molecular flexibility index (Phi) is 4.85. The minimum atomic E-state index is -3.51. The summed E-state index contributed by atoms with van der Waals surface area (Å²) in [5, 5.41) is 2.67. The summed E-state index contributed by atoms with van der Waals surface area (Å²) in [5.74, 6) is -0.276. The van der Waals surface area contributed by atoms with Crippen LogP contribution < -0.4 is 10.0 Å². The smallest absolute Gasteiger partial charge is 0.248 e. The van der Waals surface area contributed by atoms with Gasteiger partial charge in [0.2, 0.25) is 15.9 Å². The molecule has 0 saturated heterocycles. The van der Waals surface area contributed by atoms with Crippen LogP contribution in [0.2, 0.25) is 0 Å². The van der Waals surface area contributed by atoms with Crippen molar-refractivity contribution >= 4 is 21.6 Å². The molecule has 0 heterocycles. The van der Waals surface area contributed by atoms with Crippen LogP contribution in [0.1, 0.15) is 19.4 Å². The van der Waals surface area contributed by atoms with E-state index in [0.29, 0.717) is 5.69 Å². The quantitative estimate of drug-likeness (QED) is 0.827. The van der Waals surface area contributed by atoms with E-state index < -0.39 is 10.0 Å². The molecule has 0 aliphatic rings. The second-order valence-electron chi connectivity index (χ2n) is 4.40. The van der Waals surface area contributed by atoms with Crippen LogP contribution in [0.3, 0.4) is 0 Å². The zero-order valence-electron chi connectivity index (χ0n) is 11.4. The predicted molar refractivity (Wildman–Crippen MR) is 75.5 cm³/mol. The number of amides is 1. The summed E-state index contributed by atoms with van der Waals surface area (Å²) in [5.41, 5.74) is 2.15. The Bertz CT molecular complexity index is 615. The Morgan fingerprint density at radius 3 is 2.42 bits per heavy atom. The van der Waals surface area contributed by atoms with E-state index in [9.17, 15) is 13.2 Å². The van der Waals surface area contributed by atoms with Crippen LogP contribution in [-0.4, -0.2) is 21.4 Å². The highest BCUT2D eigenvalue weighted by Crippen LogP contribution is 2.20. The van der Waals surface area contributed by atoms with E-state index in [2.05, 4.69) is 10.0 Å². The molecule has 0 aromatic heterocycles. The molecule has 0 unspecified atom stereocenters. The van der Waals surface area contributed by atoms with Crippen LogP contribution in [0.5, 0.6) is 0 Å². The lowest BCUT2D eigenvalue weighted by atomic mass is 10.2. The fourth-order valence-electron chi connectivity index (χ4n) is 1.45. The molecule has 1 amide bonds. The standard InChI is InChI=1S/C13H18N2O3S/c1-9(2)7-13(16)15-12-8-11(6-5-10(12)3)19(17,18)14-4/h5-8,14H,1-4H3,(H,15,16). The fraction of sp³-hybridized carbons (Fsp3) is 0.308. The van der Waals surface area contributed by atoms with Crippen molar-refractivity contribution in [2.24, 2.45) is 0 Å². The summed E-state index contributed by atoms with van der Waals surface area (Å²) in [6.45, 7) is 5.43. The number of carbonyl (C=O) groups excluding carboxylic acids is 1. The van der Waals surface area contributed by atoms with Gasteiger partial charge < -0.3 is 5.32 Å². The van der Waals surface area contributed by atoms with Crippen LogP contribution >= 0.6 is 0 Å². The van der Waals surface area contributed by atoms with E-state index in [4.69, 9.17) is 0 Å². The first-order valence-corrected chi connectivity index (χ1v) is 7.24. The van der Waals surface area contributed by atoms with Crippen LogP contribution in [0.15, 0.2) is 34.7 Å². The summed E-state index contributed by atoms with van der Waals surface area (Å²) in [7, 11) is -2.17. The maximum atomic E-state index is 11.7. The number of benzene rings is 1. The zero-order valence-corrected chi connectivity index (χ0v) is 12.3. The van der Waals surface area contributed by atoms with E-state index >= 15 is 0 Å². The van der Waals surface area contributed by atoms with Crippen LogP contribution in [0.25, 0.3) is 0 Å². The molecule has 19 heavy (non-hydrogen) atoms. The number of aryl methyl sites for hydroxylation is 1. The molecule has 2 N–H and O–H groups in total. The Labute approximate surface area is 113 Å². The molecule has 0 fully saturated rings. The van der Waals surface area contributed by atoms with Gasteiger partial charge in [-0.15, -0.1) is 0 Å². The number of allylic oxidation sites excluding steroid dienone is 1. The monoisotopic (exact) mass is 282 g/mol. The molecule has 0 atom stereocenters. The molecule has 104 valence electrons. The van der Waals surface area contributed by atoms with E-state index in [0.717, 1.165) is 11.1 Å². The van der Waals surface area contributed by atoms with Gasteiger partial charge in [0.25, 0.3) is 0 Å². The van der Waals surface area contributed by atoms with Gasteiger partial charge >= 0.3 is 0 Å². The molecule has 5 nitrogen and oxygen atoms in total. The predicted octanol–water partition coefficient (Wildman–Crippen LogP) is 1.81. The van der Waals surface area contributed by atoms with Gasteiger partial charge in [-0.2, -0.15) is 0 Å². The number of nitrogens with one attached hydrogen (secondary N) is 2. The first-order chi connectivity index (χ1) is 8.76. The van der Waals surface area contributed by atoms with Gasteiger partial charge in [-0.25, -0.2) is 13.1 Å². The number of hydrogen-bond donors (Lipinski definition) is 2. The molecule has 0 aliphatic carbocycles. The summed E-state index contributed by atoms with van der Waals surface area (Å²) in [6.07, 6.45) is 1.46. The maximum absolute atomic E-state index is 11.7. The average Bonchev–Trinajstić information content (AvgIpc) is 2.30. The molecule has 1 rings (SSSR count). The first kappa shape index (κ1) is 15.4. The molecule has 0 bridgehead atoms. The molecular formula is C13H18N2O3S. The van der Waals surface area contributed by atoms with Crippen molar-refractivity contribution in [3.05, 3.63) is 35.4 Å². The van der Waals surface area contributed by atoms with Gasteiger partial charge in [0, 0.05) is 11.8 Å². The van der Waals surface area contributed by atoms with E-state index in [-0.39, 0.29) is 10.8 Å². The van der Waals surface area contributed by atoms with E-state index in [1.54, 1.807) is 13.0 Å². The number of hydrogen-bond acceptors (Lipinski definition) is 3. The summed E-state index contributed by atoms with van der Waals surface area (Å²) >= 11 is 0. The van der Waals surface area contributed by atoms with Crippen LogP contribution in [0, 0.1) is 6.92 Å². The largest absolute Gasteiger partial charge is 0.322 e. The highest BCUT2D eigenvalue weighted by Gasteiger charge is 2.13. The molecule has 0 radical (unpaired) electrons. The van der Waals surface area contributed by atoms with Crippen molar-refractivity contribution in [1.82, 2.24) is 4.72 Å². The number of sulfonamides is 1. The SMILES string of the molecule is CNS(=O)(=O)c1ccc(C)c(NC(=O)C=C(C)C)c1. The molecule has 0 saturated carbocycles. The van der Waals surface area contributed by atoms with E-state index in [1.165, 1.54) is 25.3 Å². The van der Waals surface area contributed by atoms with Gasteiger partial charge in [-0.05, 0) is 45.5 Å². The van der Waals surface area contributed by atoms with Crippen molar-refractivity contribution in [1.29, 1.82) is 0 Å². The topological polar surface area (TPSA) is 75.3 Å². The van der Waals surface area contributed by atoms with Gasteiger partial charge in [0.1, 0.15) is 0 Å². The molecule has 1 aromatic rings. The van der Waals surface area contributed by atoms with Crippen LogP contribution in [-0.2, 0) is 14.8 Å². The van der Waals surface area contributed by atoms with Crippen molar-refractivity contribution in [3.8, 4) is 0 Å². The Morgan fingerprint density at radius 1 is 1.26 bits per heavy atom. The Balaban J connectivity index is 3.12. The van der Waals surface area contributed by atoms with Gasteiger partial charge in [-0.1, -0.05) is 11.6 Å². The lowest BCUT2D eigenvalue weighted by Crippen LogP contribution is -2.19. The first-order valence-electron chi connectivity index (χ1n) is 5.76. The summed E-state index contributed by atoms with van der Waals surface area (Å²) in [4.78, 5) is 11.8. The normalized spacial score (nSPS) is 10.9. The maximum Gasteiger partial charge on any atom is 0.248 e. The number of carbonyl (C=O) groups is 1. The van der Waals surface area contributed by atoms with Crippen LogP contribution in [0.4, 0.5) is 5.69 Å². The van der Waals surface area contributed by atoms with E-state index in [1.807, 2.05) is 13.8 Å². The fourth-order valence-corrected chi connectivity index (χ4v) is 2.21. The summed E-state index contributed by atoms with van der Waals surface area (Å²) < 4.78 is 25.6. The number of anilines is 1.